The molecule has 1 unspecified atom stereocenters. The predicted molar refractivity (Wildman–Crippen MR) is 62.5 cm³/mol. The zero-order valence-electron chi connectivity index (χ0n) is 7.72. The van der Waals surface area contributed by atoms with Gasteiger partial charge in [0.2, 0.25) is 0 Å². The summed E-state index contributed by atoms with van der Waals surface area (Å²) in [5.41, 5.74) is 0.787. The third kappa shape index (κ3) is 2.90. The lowest BCUT2D eigenvalue weighted by atomic mass is 10.2. The lowest BCUT2D eigenvalue weighted by molar-refractivity contribution is 0.845. The van der Waals surface area contributed by atoms with Crippen LogP contribution in [0.1, 0.15) is 13.3 Å². The summed E-state index contributed by atoms with van der Waals surface area (Å²) in [5.74, 6) is 0. The molecule has 0 aliphatic carbocycles. The van der Waals surface area contributed by atoms with Crippen LogP contribution in [0.2, 0.25) is 5.02 Å². The number of rotatable bonds is 3. The van der Waals surface area contributed by atoms with Crippen molar-refractivity contribution in [1.82, 2.24) is 0 Å². The van der Waals surface area contributed by atoms with Gasteiger partial charge in [-0.3, -0.25) is 0 Å². The van der Waals surface area contributed by atoms with E-state index in [-0.39, 0.29) is 6.04 Å². The van der Waals surface area contributed by atoms with Crippen LogP contribution >= 0.6 is 27.5 Å². The summed E-state index contributed by atoms with van der Waals surface area (Å²) in [6.07, 6.45) is 0.749. The monoisotopic (exact) mass is 272 g/mol. The van der Waals surface area contributed by atoms with Gasteiger partial charge in [-0.15, -0.1) is 0 Å². The topological polar surface area (TPSA) is 35.8 Å². The molecule has 0 fully saturated rings. The Morgan fingerprint density at radius 2 is 2.36 bits per heavy atom. The van der Waals surface area contributed by atoms with Crippen molar-refractivity contribution in [3.05, 3.63) is 27.7 Å². The second-order valence-corrected chi connectivity index (χ2v) is 4.18. The quantitative estimate of drug-likeness (QED) is 0.909. The number of nitrogens with one attached hydrogen (secondary N) is 1. The van der Waals surface area contributed by atoms with E-state index in [1.807, 2.05) is 19.1 Å². The molecular weight excluding hydrogens is 263 g/mol. The van der Waals surface area contributed by atoms with Gasteiger partial charge in [0.05, 0.1) is 16.8 Å². The van der Waals surface area contributed by atoms with Gasteiger partial charge in [0.25, 0.3) is 0 Å². The number of nitrogens with zero attached hydrogens (tertiary/aromatic N) is 1. The fraction of sp³-hybridized carbons (Fsp3) is 0.300. The third-order valence-corrected chi connectivity index (χ3v) is 2.65. The van der Waals surface area contributed by atoms with Gasteiger partial charge in [-0.25, -0.2) is 0 Å². The summed E-state index contributed by atoms with van der Waals surface area (Å²) in [5, 5.41) is 12.5. The number of anilines is 1. The molecule has 14 heavy (non-hydrogen) atoms. The maximum Gasteiger partial charge on any atom is 0.114 e. The Balaban J connectivity index is 2.86. The standard InChI is InChI=1S/C10H10BrClN2/c1-2-8(6-13)14-10-5-7(11)3-4-9(10)12/h3-5,8,14H,2H2,1H3. The van der Waals surface area contributed by atoms with Crippen molar-refractivity contribution in [2.45, 2.75) is 19.4 Å². The molecule has 0 aliphatic rings. The highest BCUT2D eigenvalue weighted by Crippen LogP contribution is 2.26. The Labute approximate surface area is 97.0 Å². The molecule has 0 aliphatic heterocycles. The first-order valence-electron chi connectivity index (χ1n) is 4.28. The highest BCUT2D eigenvalue weighted by molar-refractivity contribution is 9.10. The first kappa shape index (κ1) is 11.4. The van der Waals surface area contributed by atoms with Crippen LogP contribution in [0.15, 0.2) is 22.7 Å². The van der Waals surface area contributed by atoms with Crippen molar-refractivity contribution in [3.8, 4) is 6.07 Å². The average molecular weight is 274 g/mol. The molecule has 1 aromatic carbocycles. The number of halogens is 2. The second-order valence-electron chi connectivity index (χ2n) is 2.86. The van der Waals surface area contributed by atoms with Gasteiger partial charge in [-0.2, -0.15) is 5.26 Å². The number of hydrogen-bond acceptors (Lipinski definition) is 2. The van der Waals surface area contributed by atoms with E-state index in [1.165, 1.54) is 0 Å². The molecule has 0 radical (unpaired) electrons. The average Bonchev–Trinajstić information content (AvgIpc) is 2.19. The smallest absolute Gasteiger partial charge is 0.114 e. The summed E-state index contributed by atoms with van der Waals surface area (Å²) in [6.45, 7) is 1.95. The Hall–Kier alpha value is -0.720. The Morgan fingerprint density at radius 3 is 2.93 bits per heavy atom. The molecule has 0 aromatic heterocycles. The maximum absolute atomic E-state index is 8.78. The zero-order valence-corrected chi connectivity index (χ0v) is 10.1. The molecule has 0 saturated carbocycles. The van der Waals surface area contributed by atoms with Crippen LogP contribution in [0, 0.1) is 11.3 Å². The summed E-state index contributed by atoms with van der Waals surface area (Å²) < 4.78 is 0.942. The lowest BCUT2D eigenvalue weighted by Crippen LogP contribution is -2.15. The van der Waals surface area contributed by atoms with Gasteiger partial charge in [0.1, 0.15) is 6.04 Å². The normalized spacial score (nSPS) is 11.9. The van der Waals surface area contributed by atoms with Gasteiger partial charge in [-0.05, 0) is 24.6 Å². The lowest BCUT2D eigenvalue weighted by Gasteiger charge is -2.12. The molecule has 1 atom stereocenters. The zero-order chi connectivity index (χ0) is 10.6. The van der Waals surface area contributed by atoms with Crippen molar-refractivity contribution in [3.63, 3.8) is 0 Å². The molecule has 0 bridgehead atoms. The highest BCUT2D eigenvalue weighted by Gasteiger charge is 2.06. The van der Waals surface area contributed by atoms with E-state index in [0.29, 0.717) is 5.02 Å². The SMILES string of the molecule is CCC(C#N)Nc1cc(Br)ccc1Cl. The van der Waals surface area contributed by atoms with E-state index in [0.717, 1.165) is 16.6 Å². The van der Waals surface area contributed by atoms with Gasteiger partial charge in [0, 0.05) is 4.47 Å². The van der Waals surface area contributed by atoms with Gasteiger partial charge in [0.15, 0.2) is 0 Å². The molecular formula is C10H10BrClN2. The number of hydrogen-bond donors (Lipinski definition) is 1. The van der Waals surface area contributed by atoms with Crippen LogP contribution in [-0.4, -0.2) is 6.04 Å². The van der Waals surface area contributed by atoms with Crippen molar-refractivity contribution in [2.24, 2.45) is 0 Å². The van der Waals surface area contributed by atoms with Crippen LogP contribution in [0.5, 0.6) is 0 Å². The molecule has 0 saturated heterocycles. The molecule has 1 rings (SSSR count). The van der Waals surface area contributed by atoms with E-state index >= 15 is 0 Å². The molecule has 1 N–H and O–H groups in total. The van der Waals surface area contributed by atoms with E-state index in [4.69, 9.17) is 16.9 Å². The molecule has 1 aromatic rings. The summed E-state index contributed by atoms with van der Waals surface area (Å²) in [7, 11) is 0. The molecule has 4 heteroatoms. The van der Waals surface area contributed by atoms with Crippen LogP contribution in [0.25, 0.3) is 0 Å². The molecule has 0 amide bonds. The van der Waals surface area contributed by atoms with Crippen molar-refractivity contribution < 1.29 is 0 Å². The van der Waals surface area contributed by atoms with Crippen molar-refractivity contribution in [2.75, 3.05) is 5.32 Å². The summed E-state index contributed by atoms with van der Waals surface area (Å²) >= 11 is 9.31. The first-order valence-corrected chi connectivity index (χ1v) is 5.45. The predicted octanol–water partition coefficient (Wildman–Crippen LogP) is 3.82. The van der Waals surface area contributed by atoms with Crippen molar-refractivity contribution >= 4 is 33.2 Å². The van der Waals surface area contributed by atoms with E-state index in [1.54, 1.807) is 6.07 Å². The minimum atomic E-state index is -0.193. The van der Waals surface area contributed by atoms with Crippen LogP contribution in [-0.2, 0) is 0 Å². The number of benzene rings is 1. The Morgan fingerprint density at radius 1 is 1.64 bits per heavy atom. The Bertz CT molecular complexity index is 360. The van der Waals surface area contributed by atoms with Gasteiger partial charge < -0.3 is 5.32 Å². The fourth-order valence-corrected chi connectivity index (χ4v) is 1.55. The van der Waals surface area contributed by atoms with E-state index < -0.39 is 0 Å². The fourth-order valence-electron chi connectivity index (χ4n) is 1.02. The number of nitriles is 1. The Kier molecular flexibility index (Phi) is 4.24. The van der Waals surface area contributed by atoms with Crippen molar-refractivity contribution in [1.29, 1.82) is 5.26 Å². The van der Waals surface area contributed by atoms with Gasteiger partial charge in [-0.1, -0.05) is 34.5 Å². The van der Waals surface area contributed by atoms with Crippen LogP contribution in [0.4, 0.5) is 5.69 Å². The van der Waals surface area contributed by atoms with E-state index in [2.05, 4.69) is 27.3 Å². The summed E-state index contributed by atoms with van der Waals surface area (Å²) in [4.78, 5) is 0. The van der Waals surface area contributed by atoms with Crippen LogP contribution in [0.3, 0.4) is 0 Å². The van der Waals surface area contributed by atoms with E-state index in [9.17, 15) is 0 Å². The largest absolute Gasteiger partial charge is 0.369 e. The molecule has 2 nitrogen and oxygen atoms in total. The summed E-state index contributed by atoms with van der Waals surface area (Å²) in [6, 6.07) is 7.48. The molecule has 0 heterocycles. The van der Waals surface area contributed by atoms with Crippen LogP contribution < -0.4 is 5.32 Å². The highest BCUT2D eigenvalue weighted by atomic mass is 79.9. The minimum Gasteiger partial charge on any atom is -0.369 e. The second kappa shape index (κ2) is 5.23. The molecule has 0 spiro atoms. The first-order chi connectivity index (χ1) is 6.67. The van der Waals surface area contributed by atoms with Gasteiger partial charge >= 0.3 is 0 Å². The maximum atomic E-state index is 8.78. The molecule has 74 valence electrons. The third-order valence-electron chi connectivity index (χ3n) is 1.82. The minimum absolute atomic E-state index is 0.193.